The number of piperidine rings is 1. The highest BCUT2D eigenvalue weighted by Crippen LogP contribution is 2.24. The summed E-state index contributed by atoms with van der Waals surface area (Å²) in [6, 6.07) is 14.0. The fourth-order valence-corrected chi connectivity index (χ4v) is 3.76. The van der Waals surface area contributed by atoms with E-state index in [0.29, 0.717) is 0 Å². The minimum Gasteiger partial charge on any atom is -0.355 e. The molecule has 4 rings (SSSR count). The van der Waals surface area contributed by atoms with Crippen LogP contribution in [0.1, 0.15) is 24.0 Å². The van der Waals surface area contributed by atoms with Gasteiger partial charge in [0, 0.05) is 24.7 Å². The highest BCUT2D eigenvalue weighted by atomic mass is 16.1. The number of amides is 1. The molecule has 0 spiro atoms. The number of nitrogens with one attached hydrogen (secondary N) is 1. The number of para-hydroxylation sites is 2. The van der Waals surface area contributed by atoms with E-state index in [1.807, 2.05) is 56.4 Å². The Morgan fingerprint density at radius 2 is 1.70 bits per heavy atom. The Balaban J connectivity index is 1.39. The molecule has 2 heterocycles. The number of benzene rings is 2. The Labute approximate surface area is 159 Å². The van der Waals surface area contributed by atoms with Crippen LogP contribution in [0.3, 0.4) is 0 Å². The average Bonchev–Trinajstić information content (AvgIpc) is 2.67. The lowest BCUT2D eigenvalue weighted by Gasteiger charge is -2.32. The number of hydrogen-bond acceptors (Lipinski definition) is 4. The fourth-order valence-electron chi connectivity index (χ4n) is 3.76. The molecule has 1 saturated heterocycles. The first-order valence-corrected chi connectivity index (χ1v) is 9.44. The van der Waals surface area contributed by atoms with Gasteiger partial charge >= 0.3 is 0 Å². The van der Waals surface area contributed by atoms with Crippen molar-refractivity contribution in [3.8, 4) is 0 Å². The zero-order valence-corrected chi connectivity index (χ0v) is 15.8. The lowest BCUT2D eigenvalue weighted by atomic mass is 9.95. The van der Waals surface area contributed by atoms with E-state index >= 15 is 0 Å². The minimum atomic E-state index is 0.0375. The molecule has 1 N–H and O–H groups in total. The highest BCUT2D eigenvalue weighted by Gasteiger charge is 2.26. The lowest BCUT2D eigenvalue weighted by molar-refractivity contribution is -0.120. The molecule has 1 aliphatic rings. The Morgan fingerprint density at radius 1 is 1.04 bits per heavy atom. The van der Waals surface area contributed by atoms with Crippen LogP contribution in [-0.4, -0.2) is 29.0 Å². The summed E-state index contributed by atoms with van der Waals surface area (Å²) in [6.07, 6.45) is 3.48. The Hall–Kier alpha value is -2.95. The summed E-state index contributed by atoms with van der Waals surface area (Å²) in [7, 11) is 0. The van der Waals surface area contributed by atoms with Crippen LogP contribution >= 0.6 is 0 Å². The van der Waals surface area contributed by atoms with Crippen molar-refractivity contribution < 1.29 is 4.79 Å². The fraction of sp³-hybridized carbons (Fsp3) is 0.318. The molecule has 5 nitrogen and oxygen atoms in total. The molecule has 0 atom stereocenters. The Bertz CT molecular complexity index is 957. The first-order chi connectivity index (χ1) is 13.1. The number of hydrogen-bond donors (Lipinski definition) is 1. The molecule has 0 radical (unpaired) electrons. The standard InChI is InChI=1S/C22H24N4O/c1-15-11-16(2)13-18(12-15)24-22(27)17-7-9-26(10-8-17)21-14-23-19-5-3-4-6-20(19)25-21/h3-6,11-14,17H,7-10H2,1-2H3,(H,24,27). The predicted molar refractivity (Wildman–Crippen MR) is 109 cm³/mol. The summed E-state index contributed by atoms with van der Waals surface area (Å²) in [5.41, 5.74) is 5.03. The average molecular weight is 360 g/mol. The van der Waals surface area contributed by atoms with Crippen molar-refractivity contribution in [1.29, 1.82) is 0 Å². The second-order valence-corrected chi connectivity index (χ2v) is 7.34. The summed E-state index contributed by atoms with van der Waals surface area (Å²) in [4.78, 5) is 24.1. The third-order valence-corrected chi connectivity index (χ3v) is 5.11. The SMILES string of the molecule is Cc1cc(C)cc(NC(=O)C2CCN(c3cnc4ccccc4n3)CC2)c1. The quantitative estimate of drug-likeness (QED) is 0.764. The zero-order valence-electron chi connectivity index (χ0n) is 15.8. The van der Waals surface area contributed by atoms with E-state index in [4.69, 9.17) is 4.98 Å². The number of carbonyl (C=O) groups is 1. The number of rotatable bonds is 3. The second-order valence-electron chi connectivity index (χ2n) is 7.34. The topological polar surface area (TPSA) is 58.1 Å². The number of fused-ring (bicyclic) bond motifs is 1. The molecule has 5 heteroatoms. The lowest BCUT2D eigenvalue weighted by Crippen LogP contribution is -2.38. The van der Waals surface area contributed by atoms with Crippen molar-refractivity contribution in [3.05, 3.63) is 59.8 Å². The van der Waals surface area contributed by atoms with Gasteiger partial charge in [-0.3, -0.25) is 9.78 Å². The summed E-state index contributed by atoms with van der Waals surface area (Å²) in [5.74, 6) is 1.04. The number of aryl methyl sites for hydroxylation is 2. The molecule has 1 amide bonds. The Kier molecular flexibility index (Phi) is 4.75. The van der Waals surface area contributed by atoms with Gasteiger partial charge in [0.2, 0.25) is 5.91 Å². The van der Waals surface area contributed by atoms with Crippen LogP contribution in [0.15, 0.2) is 48.7 Å². The maximum absolute atomic E-state index is 12.7. The van der Waals surface area contributed by atoms with E-state index < -0.39 is 0 Å². The molecule has 3 aromatic rings. The van der Waals surface area contributed by atoms with E-state index in [2.05, 4.69) is 21.3 Å². The van der Waals surface area contributed by atoms with Crippen molar-refractivity contribution in [1.82, 2.24) is 9.97 Å². The molecule has 27 heavy (non-hydrogen) atoms. The van der Waals surface area contributed by atoms with Crippen LogP contribution in [0.25, 0.3) is 11.0 Å². The van der Waals surface area contributed by atoms with Crippen LogP contribution in [0.4, 0.5) is 11.5 Å². The number of carbonyl (C=O) groups excluding carboxylic acids is 1. The van der Waals surface area contributed by atoms with Crippen LogP contribution in [0.2, 0.25) is 0 Å². The molecular weight excluding hydrogens is 336 g/mol. The molecule has 0 unspecified atom stereocenters. The first-order valence-electron chi connectivity index (χ1n) is 9.44. The van der Waals surface area contributed by atoms with Crippen LogP contribution in [0.5, 0.6) is 0 Å². The smallest absolute Gasteiger partial charge is 0.227 e. The monoisotopic (exact) mass is 360 g/mol. The van der Waals surface area contributed by atoms with Gasteiger partial charge in [0.25, 0.3) is 0 Å². The molecule has 0 bridgehead atoms. The molecule has 1 aromatic heterocycles. The number of nitrogens with zero attached hydrogens (tertiary/aromatic N) is 3. The van der Waals surface area contributed by atoms with Crippen LogP contribution in [0, 0.1) is 19.8 Å². The molecule has 1 aliphatic heterocycles. The van der Waals surface area contributed by atoms with E-state index in [0.717, 1.165) is 59.6 Å². The second kappa shape index (κ2) is 7.35. The van der Waals surface area contributed by atoms with Crippen LogP contribution in [-0.2, 0) is 4.79 Å². The minimum absolute atomic E-state index is 0.0375. The molecule has 0 aliphatic carbocycles. The van der Waals surface area contributed by atoms with Crippen molar-refractivity contribution in [2.24, 2.45) is 5.92 Å². The van der Waals surface area contributed by atoms with Gasteiger partial charge in [-0.2, -0.15) is 0 Å². The van der Waals surface area contributed by atoms with E-state index in [1.165, 1.54) is 0 Å². The van der Waals surface area contributed by atoms with Crippen LogP contribution < -0.4 is 10.2 Å². The van der Waals surface area contributed by atoms with E-state index in [-0.39, 0.29) is 11.8 Å². The van der Waals surface area contributed by atoms with Gasteiger partial charge in [-0.05, 0) is 62.1 Å². The first kappa shape index (κ1) is 17.5. The summed E-state index contributed by atoms with van der Waals surface area (Å²) < 4.78 is 0. The molecule has 0 saturated carbocycles. The zero-order chi connectivity index (χ0) is 18.8. The van der Waals surface area contributed by atoms with Gasteiger partial charge in [-0.25, -0.2) is 4.98 Å². The maximum atomic E-state index is 12.7. The van der Waals surface area contributed by atoms with Gasteiger partial charge in [-0.15, -0.1) is 0 Å². The van der Waals surface area contributed by atoms with Crippen molar-refractivity contribution in [2.45, 2.75) is 26.7 Å². The Morgan fingerprint density at radius 3 is 2.41 bits per heavy atom. The van der Waals surface area contributed by atoms with Crippen molar-refractivity contribution >= 4 is 28.4 Å². The van der Waals surface area contributed by atoms with Gasteiger partial charge in [-0.1, -0.05) is 18.2 Å². The van der Waals surface area contributed by atoms with Crippen molar-refractivity contribution in [2.75, 3.05) is 23.3 Å². The third kappa shape index (κ3) is 3.92. The third-order valence-electron chi connectivity index (χ3n) is 5.11. The highest BCUT2D eigenvalue weighted by molar-refractivity contribution is 5.93. The van der Waals surface area contributed by atoms with Gasteiger partial charge in [0.15, 0.2) is 0 Å². The van der Waals surface area contributed by atoms with Gasteiger partial charge < -0.3 is 10.2 Å². The van der Waals surface area contributed by atoms with Crippen molar-refractivity contribution in [3.63, 3.8) is 0 Å². The maximum Gasteiger partial charge on any atom is 0.227 e. The van der Waals surface area contributed by atoms with Gasteiger partial charge in [0.05, 0.1) is 17.2 Å². The molecule has 1 fully saturated rings. The van der Waals surface area contributed by atoms with Gasteiger partial charge in [0.1, 0.15) is 5.82 Å². The molecular formula is C22H24N4O. The van der Waals surface area contributed by atoms with E-state index in [9.17, 15) is 4.79 Å². The summed E-state index contributed by atoms with van der Waals surface area (Å²) >= 11 is 0. The largest absolute Gasteiger partial charge is 0.355 e. The summed E-state index contributed by atoms with van der Waals surface area (Å²) in [6.45, 7) is 5.73. The molecule has 2 aromatic carbocycles. The normalized spacial score (nSPS) is 15.1. The van der Waals surface area contributed by atoms with E-state index in [1.54, 1.807) is 0 Å². The summed E-state index contributed by atoms with van der Waals surface area (Å²) in [5, 5.41) is 3.09. The molecule has 138 valence electrons. The predicted octanol–water partition coefficient (Wildman–Crippen LogP) is 4.10. The number of anilines is 2. The number of aromatic nitrogens is 2.